The lowest BCUT2D eigenvalue weighted by Gasteiger charge is -2.43. The average Bonchev–Trinajstić information content (AvgIpc) is 3.54. The van der Waals surface area contributed by atoms with E-state index in [9.17, 15) is 24.3 Å². The number of amides is 4. The molecular weight excluding hydrogens is 639 g/mol. The molecule has 0 fully saturated rings. The third-order valence-corrected chi connectivity index (χ3v) is 13.4. The highest BCUT2D eigenvalue weighted by molar-refractivity contribution is 7.13. The first-order chi connectivity index (χ1) is 22.4. The lowest BCUT2D eigenvalue weighted by molar-refractivity contribution is -0.129. The lowest BCUT2D eigenvalue weighted by Crippen LogP contribution is -2.68. The molecule has 47 heavy (non-hydrogen) atoms. The normalized spacial score (nSPS) is 12.9. The van der Waals surface area contributed by atoms with Gasteiger partial charge in [-0.2, -0.15) is 0 Å². The number of primary amides is 1. The van der Waals surface area contributed by atoms with Gasteiger partial charge in [0.15, 0.2) is 0 Å². The Morgan fingerprint density at radius 1 is 0.894 bits per heavy atom. The molecule has 0 spiro atoms. The van der Waals surface area contributed by atoms with Crippen molar-refractivity contribution >= 4 is 59.5 Å². The molecule has 1 aromatic heterocycles. The zero-order valence-electron chi connectivity index (χ0n) is 26.1. The largest absolute Gasteiger partial charge is 0.465 e. The summed E-state index contributed by atoms with van der Waals surface area (Å²) in [7, 11) is -3.14. The van der Waals surface area contributed by atoms with Crippen molar-refractivity contribution in [1.29, 1.82) is 0 Å². The van der Waals surface area contributed by atoms with Crippen LogP contribution < -0.4 is 32.1 Å². The molecule has 14 heteroatoms. The lowest BCUT2D eigenvalue weighted by atomic mass is 10.2. The molecule has 2 unspecified atom stereocenters. The Balaban J connectivity index is 1.66. The first-order valence-electron chi connectivity index (χ1n) is 14.7. The summed E-state index contributed by atoms with van der Waals surface area (Å²) in [6, 6.07) is 23.3. The van der Waals surface area contributed by atoms with Crippen LogP contribution in [0.1, 0.15) is 31.3 Å². The van der Waals surface area contributed by atoms with Gasteiger partial charge in [-0.1, -0.05) is 81.4 Å². The number of thiazole rings is 1. The van der Waals surface area contributed by atoms with Gasteiger partial charge < -0.3 is 31.0 Å². The number of rotatable bonds is 13. The van der Waals surface area contributed by atoms with Crippen LogP contribution in [0.2, 0.25) is 5.04 Å². The highest BCUT2D eigenvalue weighted by atomic mass is 32.1. The van der Waals surface area contributed by atoms with E-state index in [0.717, 1.165) is 10.4 Å². The molecule has 7 N–H and O–H groups in total. The predicted octanol–water partition coefficient (Wildman–Crippen LogP) is 2.54. The number of hydrogen-bond donors (Lipinski definition) is 6. The van der Waals surface area contributed by atoms with E-state index in [4.69, 9.17) is 15.3 Å². The summed E-state index contributed by atoms with van der Waals surface area (Å²) < 4.78 is 6.89. The summed E-state index contributed by atoms with van der Waals surface area (Å²) >= 11 is 1.19. The molecular formula is C33H37N5O7SSi. The summed E-state index contributed by atoms with van der Waals surface area (Å²) in [5.41, 5.74) is 6.43. The zero-order valence-corrected chi connectivity index (χ0v) is 27.9. The number of carbonyl (C=O) groups excluding carboxylic acids is 3. The summed E-state index contributed by atoms with van der Waals surface area (Å²) in [5, 5.41) is 29.5. The van der Waals surface area contributed by atoms with Gasteiger partial charge in [0.05, 0.1) is 13.2 Å². The van der Waals surface area contributed by atoms with E-state index < -0.39 is 55.9 Å². The SMILES string of the molecule is CC(C)(C)[Si](OCC(NC(=O)c1csc(-c2ccc(NC(=O)O)cc2)n1)C(=O)NC(CO)C(N)=O)(c1ccccc1)c1ccccc1. The monoisotopic (exact) mass is 675 g/mol. The number of nitrogens with two attached hydrogens (primary N) is 1. The molecule has 0 radical (unpaired) electrons. The number of nitrogens with zero attached hydrogens (tertiary/aromatic N) is 1. The van der Waals surface area contributed by atoms with Crippen LogP contribution in [0.5, 0.6) is 0 Å². The van der Waals surface area contributed by atoms with Gasteiger partial charge in [0, 0.05) is 16.6 Å². The Kier molecular flexibility index (Phi) is 11.3. The molecule has 246 valence electrons. The van der Waals surface area contributed by atoms with Gasteiger partial charge in [-0.15, -0.1) is 11.3 Å². The van der Waals surface area contributed by atoms with Gasteiger partial charge in [0.1, 0.15) is 22.8 Å². The Morgan fingerprint density at radius 2 is 1.47 bits per heavy atom. The fraction of sp³-hybridized carbons (Fsp3) is 0.242. The van der Waals surface area contributed by atoms with Crippen molar-refractivity contribution in [2.24, 2.45) is 5.73 Å². The summed E-state index contributed by atoms with van der Waals surface area (Å²) in [5.74, 6) is -2.37. The smallest absolute Gasteiger partial charge is 0.409 e. The molecule has 0 bridgehead atoms. The molecule has 4 aromatic rings. The second kappa shape index (κ2) is 15.1. The minimum absolute atomic E-state index is 0.0367. The number of aliphatic hydroxyl groups excluding tert-OH is 1. The van der Waals surface area contributed by atoms with E-state index in [2.05, 4.69) is 41.7 Å². The molecule has 3 aromatic carbocycles. The topological polar surface area (TPSA) is 193 Å². The van der Waals surface area contributed by atoms with Gasteiger partial charge in [-0.05, 0) is 39.7 Å². The van der Waals surface area contributed by atoms with Crippen molar-refractivity contribution in [3.63, 3.8) is 0 Å². The van der Waals surface area contributed by atoms with Gasteiger partial charge in [0.2, 0.25) is 11.8 Å². The predicted molar refractivity (Wildman–Crippen MR) is 182 cm³/mol. The van der Waals surface area contributed by atoms with Crippen LogP contribution in [0.3, 0.4) is 0 Å². The maximum atomic E-state index is 13.6. The molecule has 0 aliphatic rings. The number of nitrogens with one attached hydrogen (secondary N) is 3. The van der Waals surface area contributed by atoms with E-state index >= 15 is 0 Å². The number of anilines is 1. The Hall–Kier alpha value is -4.89. The molecule has 4 amide bonds. The first-order valence-corrected chi connectivity index (χ1v) is 17.5. The maximum absolute atomic E-state index is 13.6. The number of carboxylic acid groups (broad SMARTS) is 1. The van der Waals surface area contributed by atoms with E-state index in [1.165, 1.54) is 16.7 Å². The van der Waals surface area contributed by atoms with Crippen LogP contribution in [-0.4, -0.2) is 72.6 Å². The van der Waals surface area contributed by atoms with E-state index in [-0.39, 0.29) is 12.3 Å². The van der Waals surface area contributed by atoms with E-state index in [1.807, 2.05) is 60.7 Å². The van der Waals surface area contributed by atoms with Crippen LogP contribution in [-0.2, 0) is 14.0 Å². The second-order valence-electron chi connectivity index (χ2n) is 11.7. The van der Waals surface area contributed by atoms with Crippen molar-refractivity contribution in [3.8, 4) is 10.6 Å². The number of carbonyl (C=O) groups is 4. The fourth-order valence-corrected chi connectivity index (χ4v) is 10.6. The molecule has 0 saturated carbocycles. The van der Waals surface area contributed by atoms with E-state index in [1.54, 1.807) is 24.3 Å². The summed E-state index contributed by atoms with van der Waals surface area (Å²) in [6.07, 6.45) is -1.19. The van der Waals surface area contributed by atoms with Crippen molar-refractivity contribution in [1.82, 2.24) is 15.6 Å². The van der Waals surface area contributed by atoms with Crippen LogP contribution in [0.25, 0.3) is 10.6 Å². The number of aromatic nitrogens is 1. The molecule has 0 aliphatic heterocycles. The zero-order chi connectivity index (χ0) is 34.2. The molecule has 0 saturated heterocycles. The van der Waals surface area contributed by atoms with Gasteiger partial charge in [0.25, 0.3) is 14.2 Å². The third-order valence-electron chi connectivity index (χ3n) is 7.47. The van der Waals surface area contributed by atoms with Crippen molar-refractivity contribution in [2.45, 2.75) is 37.9 Å². The quantitative estimate of drug-likeness (QED) is 0.116. The third kappa shape index (κ3) is 8.29. The Labute approximate surface area is 277 Å². The fourth-order valence-electron chi connectivity index (χ4n) is 5.19. The van der Waals surface area contributed by atoms with Crippen molar-refractivity contribution < 1.29 is 33.8 Å². The maximum Gasteiger partial charge on any atom is 0.409 e. The minimum Gasteiger partial charge on any atom is -0.465 e. The molecule has 1 heterocycles. The molecule has 2 atom stereocenters. The van der Waals surface area contributed by atoms with Crippen molar-refractivity contribution in [2.75, 3.05) is 18.5 Å². The van der Waals surface area contributed by atoms with Gasteiger partial charge in [-0.25, -0.2) is 9.78 Å². The van der Waals surface area contributed by atoms with Crippen LogP contribution >= 0.6 is 11.3 Å². The highest BCUT2D eigenvalue weighted by Gasteiger charge is 2.50. The van der Waals surface area contributed by atoms with Crippen LogP contribution in [0.15, 0.2) is 90.3 Å². The highest BCUT2D eigenvalue weighted by Crippen LogP contribution is 2.37. The molecule has 4 rings (SSSR count). The number of benzene rings is 3. The number of aliphatic hydroxyl groups is 1. The van der Waals surface area contributed by atoms with Crippen LogP contribution in [0.4, 0.5) is 10.5 Å². The Bertz CT molecular complexity index is 1660. The molecule has 12 nitrogen and oxygen atoms in total. The minimum atomic E-state index is -3.14. The molecule has 0 aliphatic carbocycles. The second-order valence-corrected chi connectivity index (χ2v) is 16.9. The average molecular weight is 676 g/mol. The standard InChI is InChI=1S/C33H37N5O7SSi/c1-33(2,3)47(23-10-6-4-7-11-23,24-12-8-5-9-13-24)45-19-26(29(41)36-25(18-39)28(34)40)37-30(42)27-20-46-31(38-27)21-14-16-22(17-15-21)35-32(43)44/h4-17,20,25-26,35,39H,18-19H2,1-3H3,(H2,34,40)(H,36,41)(H,37,42)(H,43,44). The van der Waals surface area contributed by atoms with Crippen LogP contribution in [0, 0.1) is 0 Å². The first kappa shape index (κ1) is 35.0. The summed E-state index contributed by atoms with van der Waals surface area (Å²) in [6.45, 7) is 5.22. The van der Waals surface area contributed by atoms with E-state index in [0.29, 0.717) is 16.3 Å². The van der Waals surface area contributed by atoms with Crippen molar-refractivity contribution in [3.05, 3.63) is 96.0 Å². The number of hydrogen-bond acceptors (Lipinski definition) is 8. The van der Waals surface area contributed by atoms with Gasteiger partial charge >= 0.3 is 6.09 Å². The Morgan fingerprint density at radius 3 is 1.96 bits per heavy atom. The van der Waals surface area contributed by atoms with Gasteiger partial charge in [-0.3, -0.25) is 19.7 Å². The summed E-state index contributed by atoms with van der Waals surface area (Å²) in [4.78, 5) is 54.3.